The third kappa shape index (κ3) is 5.33. The van der Waals surface area contributed by atoms with Crippen molar-refractivity contribution in [3.63, 3.8) is 0 Å². The highest BCUT2D eigenvalue weighted by atomic mass is 32.1. The van der Waals surface area contributed by atoms with Crippen LogP contribution in [0.5, 0.6) is 0 Å². The summed E-state index contributed by atoms with van der Waals surface area (Å²) in [6.07, 6.45) is 4.86. The summed E-state index contributed by atoms with van der Waals surface area (Å²) >= 11 is 1.22. The zero-order valence-corrected chi connectivity index (χ0v) is 19.7. The van der Waals surface area contributed by atoms with Gasteiger partial charge in [0.2, 0.25) is 0 Å². The molecule has 178 valence electrons. The number of carbonyl (C=O) groups is 2. The molecule has 0 bridgehead atoms. The number of benzene rings is 2. The average molecular weight is 483 g/mol. The van der Waals surface area contributed by atoms with Crippen LogP contribution in [0.25, 0.3) is 10.2 Å². The minimum absolute atomic E-state index is 0.0786. The van der Waals surface area contributed by atoms with Gasteiger partial charge in [-0.1, -0.05) is 24.7 Å². The van der Waals surface area contributed by atoms with Crippen molar-refractivity contribution in [3.05, 3.63) is 57.6 Å². The van der Waals surface area contributed by atoms with Gasteiger partial charge >= 0.3 is 5.97 Å². The van der Waals surface area contributed by atoms with Crippen molar-refractivity contribution < 1.29 is 19.2 Å². The molecule has 1 aliphatic rings. The number of thiazole rings is 1. The van der Waals surface area contributed by atoms with Crippen LogP contribution in [-0.2, 0) is 4.74 Å². The SMILES string of the molecule is CCCCOC(=O)c1ccc2nc(NC(=O)c3ccc(N4CCCCC4)c([N+](=O)[O-])c3)sc2c1. The van der Waals surface area contributed by atoms with E-state index in [1.54, 1.807) is 30.3 Å². The fraction of sp³-hybridized carbons (Fsp3) is 0.375. The molecule has 1 N–H and O–H groups in total. The molecule has 0 unspecified atom stereocenters. The standard InChI is InChI=1S/C24H26N4O5S/c1-2-3-13-33-23(30)17-7-9-18-21(15-17)34-24(25-18)26-22(29)16-8-10-19(20(14-16)28(31)32)27-11-5-4-6-12-27/h7-10,14-15H,2-6,11-13H2,1H3,(H,25,26,29). The Morgan fingerprint density at radius 2 is 1.91 bits per heavy atom. The second kappa shape index (κ2) is 10.6. The summed E-state index contributed by atoms with van der Waals surface area (Å²) in [5, 5.41) is 14.8. The molecular formula is C24H26N4O5S. The van der Waals surface area contributed by atoms with Gasteiger partial charge in [-0.15, -0.1) is 0 Å². The van der Waals surface area contributed by atoms with E-state index >= 15 is 0 Å². The number of piperidine rings is 1. The molecule has 0 aliphatic carbocycles. The Bertz CT molecular complexity index is 1220. The Kier molecular flexibility index (Phi) is 7.36. The van der Waals surface area contributed by atoms with E-state index < -0.39 is 16.8 Å². The number of aromatic nitrogens is 1. The van der Waals surface area contributed by atoms with E-state index in [-0.39, 0.29) is 11.3 Å². The first-order valence-corrected chi connectivity index (χ1v) is 12.2. The van der Waals surface area contributed by atoms with Crippen molar-refractivity contribution >= 4 is 49.9 Å². The number of nitrogens with one attached hydrogen (secondary N) is 1. The summed E-state index contributed by atoms with van der Waals surface area (Å²) in [5.41, 5.74) is 1.71. The number of fused-ring (bicyclic) bond motifs is 1. The van der Waals surface area contributed by atoms with Crippen LogP contribution in [0.15, 0.2) is 36.4 Å². The van der Waals surface area contributed by atoms with Gasteiger partial charge in [0.05, 0.1) is 27.3 Å². The summed E-state index contributed by atoms with van der Waals surface area (Å²) in [4.78, 5) is 42.7. The van der Waals surface area contributed by atoms with Crippen molar-refractivity contribution in [1.82, 2.24) is 4.98 Å². The Morgan fingerprint density at radius 1 is 1.15 bits per heavy atom. The first kappa shape index (κ1) is 23.6. The molecule has 4 rings (SSSR count). The predicted octanol–water partition coefficient (Wildman–Crippen LogP) is 5.40. The van der Waals surface area contributed by atoms with E-state index in [0.29, 0.717) is 28.5 Å². The van der Waals surface area contributed by atoms with Crippen LogP contribution in [0.1, 0.15) is 59.7 Å². The Hall–Kier alpha value is -3.53. The number of amides is 1. The molecule has 1 fully saturated rings. The number of nitrogens with zero attached hydrogens (tertiary/aromatic N) is 3. The number of unbranched alkanes of at least 4 members (excludes halogenated alkanes) is 1. The van der Waals surface area contributed by atoms with Gasteiger partial charge < -0.3 is 9.64 Å². The Morgan fingerprint density at radius 3 is 2.65 bits per heavy atom. The van der Waals surface area contributed by atoms with Gasteiger partial charge in [0, 0.05) is 24.7 Å². The molecule has 0 atom stereocenters. The Labute approximate surface area is 200 Å². The maximum absolute atomic E-state index is 12.8. The van der Waals surface area contributed by atoms with Crippen molar-refractivity contribution in [1.29, 1.82) is 0 Å². The lowest BCUT2D eigenvalue weighted by atomic mass is 10.1. The largest absolute Gasteiger partial charge is 0.462 e. The number of rotatable bonds is 8. The first-order chi connectivity index (χ1) is 16.5. The van der Waals surface area contributed by atoms with Gasteiger partial charge in [0.15, 0.2) is 5.13 Å². The second-order valence-corrected chi connectivity index (χ2v) is 9.18. The number of hydrogen-bond acceptors (Lipinski definition) is 8. The van der Waals surface area contributed by atoms with Gasteiger partial charge in [0.1, 0.15) is 5.69 Å². The second-order valence-electron chi connectivity index (χ2n) is 8.15. The molecule has 9 nitrogen and oxygen atoms in total. The smallest absolute Gasteiger partial charge is 0.338 e. The van der Waals surface area contributed by atoms with E-state index in [4.69, 9.17) is 4.74 Å². The number of esters is 1. The van der Waals surface area contributed by atoms with Crippen LogP contribution in [0, 0.1) is 10.1 Å². The monoisotopic (exact) mass is 482 g/mol. The predicted molar refractivity (Wildman–Crippen MR) is 132 cm³/mol. The molecule has 34 heavy (non-hydrogen) atoms. The van der Waals surface area contributed by atoms with E-state index in [0.717, 1.165) is 49.9 Å². The molecular weight excluding hydrogens is 456 g/mol. The van der Waals surface area contributed by atoms with Gasteiger partial charge in [-0.05, 0) is 56.0 Å². The zero-order chi connectivity index (χ0) is 24.1. The number of nitro benzene ring substituents is 1. The molecule has 0 saturated carbocycles. The topological polar surface area (TPSA) is 115 Å². The minimum atomic E-state index is -0.480. The molecule has 0 spiro atoms. The van der Waals surface area contributed by atoms with Crippen LogP contribution in [0.2, 0.25) is 0 Å². The molecule has 3 aromatic rings. The number of carbonyl (C=O) groups excluding carboxylic acids is 2. The normalized spacial score (nSPS) is 13.6. The molecule has 1 aromatic heterocycles. The summed E-state index contributed by atoms with van der Waals surface area (Å²) in [7, 11) is 0. The lowest BCUT2D eigenvalue weighted by Gasteiger charge is -2.28. The van der Waals surface area contributed by atoms with Crippen molar-refractivity contribution in [2.45, 2.75) is 39.0 Å². The highest BCUT2D eigenvalue weighted by Crippen LogP contribution is 2.32. The van der Waals surface area contributed by atoms with Gasteiger partial charge in [0.25, 0.3) is 11.6 Å². The van der Waals surface area contributed by atoms with Crippen molar-refractivity contribution in [2.24, 2.45) is 0 Å². The highest BCUT2D eigenvalue weighted by molar-refractivity contribution is 7.22. The first-order valence-electron chi connectivity index (χ1n) is 11.4. The molecule has 1 saturated heterocycles. The lowest BCUT2D eigenvalue weighted by molar-refractivity contribution is -0.384. The van der Waals surface area contributed by atoms with Gasteiger partial charge in [-0.3, -0.25) is 20.2 Å². The van der Waals surface area contributed by atoms with E-state index in [1.165, 1.54) is 17.4 Å². The summed E-state index contributed by atoms with van der Waals surface area (Å²) < 4.78 is 5.98. The lowest BCUT2D eigenvalue weighted by Crippen LogP contribution is -2.30. The van der Waals surface area contributed by atoms with Crippen LogP contribution >= 0.6 is 11.3 Å². The number of anilines is 2. The van der Waals surface area contributed by atoms with E-state index in [1.807, 2.05) is 11.8 Å². The highest BCUT2D eigenvalue weighted by Gasteiger charge is 2.23. The third-order valence-corrected chi connectivity index (χ3v) is 6.64. The van der Waals surface area contributed by atoms with Gasteiger partial charge in [-0.2, -0.15) is 0 Å². The number of nitro groups is 1. The zero-order valence-electron chi connectivity index (χ0n) is 18.9. The third-order valence-electron chi connectivity index (χ3n) is 5.71. The molecule has 1 aliphatic heterocycles. The van der Waals surface area contributed by atoms with Crippen molar-refractivity contribution in [3.8, 4) is 0 Å². The van der Waals surface area contributed by atoms with Gasteiger partial charge in [-0.25, -0.2) is 9.78 Å². The van der Waals surface area contributed by atoms with Crippen LogP contribution in [0.4, 0.5) is 16.5 Å². The number of hydrogen-bond donors (Lipinski definition) is 1. The quantitative estimate of drug-likeness (QED) is 0.198. The molecule has 2 aromatic carbocycles. The van der Waals surface area contributed by atoms with Crippen LogP contribution in [-0.4, -0.2) is 41.5 Å². The summed E-state index contributed by atoms with van der Waals surface area (Å²) in [6, 6.07) is 9.60. The average Bonchev–Trinajstić information content (AvgIpc) is 3.25. The van der Waals surface area contributed by atoms with Crippen LogP contribution < -0.4 is 10.2 Å². The Balaban J connectivity index is 1.50. The molecule has 1 amide bonds. The van der Waals surface area contributed by atoms with Crippen LogP contribution in [0.3, 0.4) is 0 Å². The maximum atomic E-state index is 12.8. The molecule has 2 heterocycles. The summed E-state index contributed by atoms with van der Waals surface area (Å²) in [6.45, 7) is 3.94. The van der Waals surface area contributed by atoms with E-state index in [2.05, 4.69) is 10.3 Å². The summed E-state index contributed by atoms with van der Waals surface area (Å²) in [5.74, 6) is -0.873. The fourth-order valence-electron chi connectivity index (χ4n) is 3.88. The van der Waals surface area contributed by atoms with E-state index in [9.17, 15) is 19.7 Å². The van der Waals surface area contributed by atoms with Crippen molar-refractivity contribution in [2.75, 3.05) is 29.9 Å². The minimum Gasteiger partial charge on any atom is -0.462 e. The fourth-order valence-corrected chi connectivity index (χ4v) is 4.78. The molecule has 0 radical (unpaired) electrons. The molecule has 10 heteroatoms. The maximum Gasteiger partial charge on any atom is 0.338 e. The number of ether oxygens (including phenoxy) is 1.